The van der Waals surface area contributed by atoms with Gasteiger partial charge in [-0.1, -0.05) is 25.3 Å². The van der Waals surface area contributed by atoms with Crippen LogP contribution in [0.3, 0.4) is 0 Å². The molecule has 1 aromatic rings. The number of carbonyl (C=O) groups is 1. The first-order chi connectivity index (χ1) is 14.0. The van der Waals surface area contributed by atoms with Crippen molar-refractivity contribution < 1.29 is 9.59 Å². The molecule has 156 valence electrons. The fraction of sp³-hybridized carbons (Fsp3) is 0.680. The van der Waals surface area contributed by atoms with Crippen molar-refractivity contribution in [1.29, 1.82) is 0 Å². The molecule has 29 heavy (non-hydrogen) atoms. The van der Waals surface area contributed by atoms with E-state index in [4.69, 9.17) is 4.98 Å². The summed E-state index contributed by atoms with van der Waals surface area (Å²) in [4.78, 5) is 31.8. The van der Waals surface area contributed by atoms with Gasteiger partial charge in [0.2, 0.25) is 0 Å². The van der Waals surface area contributed by atoms with Crippen molar-refractivity contribution >= 4 is 11.7 Å². The average Bonchev–Trinajstić information content (AvgIpc) is 3.48. The molecular weight excluding hydrogens is 360 g/mol. The fourth-order valence-corrected chi connectivity index (χ4v) is 5.66. The quantitative estimate of drug-likeness (QED) is 0.656. The minimum absolute atomic E-state index is 0.245. The summed E-state index contributed by atoms with van der Waals surface area (Å²) in [5, 5.41) is 0. The highest BCUT2D eigenvalue weighted by Gasteiger charge is 2.46. The summed E-state index contributed by atoms with van der Waals surface area (Å²) >= 11 is 0. The van der Waals surface area contributed by atoms with E-state index in [0.29, 0.717) is 11.8 Å². The van der Waals surface area contributed by atoms with Crippen molar-refractivity contribution in [2.24, 2.45) is 5.41 Å². The van der Waals surface area contributed by atoms with E-state index >= 15 is 0 Å². The Balaban J connectivity index is 1.56. The average molecular weight is 395 g/mol. The van der Waals surface area contributed by atoms with Crippen LogP contribution in [0.15, 0.2) is 17.8 Å². The number of rotatable bonds is 6. The Labute approximate surface area is 174 Å². The number of likely N-dealkylation sites (tertiary alicyclic amines) is 1. The number of carbonyl (C=O) groups excluding carboxylic acids is 2. The van der Waals surface area contributed by atoms with Gasteiger partial charge in [0, 0.05) is 25.2 Å². The van der Waals surface area contributed by atoms with Gasteiger partial charge < -0.3 is 4.90 Å². The lowest BCUT2D eigenvalue weighted by Crippen LogP contribution is -2.38. The third kappa shape index (κ3) is 4.05. The largest absolute Gasteiger partial charge is 0.365 e. The van der Waals surface area contributed by atoms with Crippen LogP contribution in [0, 0.1) is 12.3 Å². The van der Waals surface area contributed by atoms with Gasteiger partial charge >= 0.3 is 0 Å². The van der Waals surface area contributed by atoms with Crippen LogP contribution in [-0.4, -0.2) is 34.7 Å². The van der Waals surface area contributed by atoms with E-state index in [-0.39, 0.29) is 5.78 Å². The lowest BCUT2D eigenvalue weighted by Gasteiger charge is -2.37. The first-order valence-electron chi connectivity index (χ1n) is 11.5. The summed E-state index contributed by atoms with van der Waals surface area (Å²) in [7, 11) is 0. The van der Waals surface area contributed by atoms with Gasteiger partial charge in [-0.15, -0.1) is 0 Å². The smallest absolute Gasteiger partial charge is 0.145 e. The van der Waals surface area contributed by atoms with Gasteiger partial charge in [-0.2, -0.15) is 0 Å². The van der Waals surface area contributed by atoms with E-state index < -0.39 is 5.41 Å². The van der Waals surface area contributed by atoms with Crippen LogP contribution >= 0.6 is 0 Å². The monoisotopic (exact) mass is 394 g/mol. The van der Waals surface area contributed by atoms with Crippen LogP contribution in [0.4, 0.5) is 0 Å². The fourth-order valence-electron chi connectivity index (χ4n) is 5.66. The highest BCUT2D eigenvalue weighted by molar-refractivity contribution is 5.88. The number of piperidine rings is 1. The van der Waals surface area contributed by atoms with Crippen LogP contribution in [0.2, 0.25) is 0 Å². The van der Waals surface area contributed by atoms with E-state index in [0.717, 1.165) is 67.8 Å². The van der Waals surface area contributed by atoms with Crippen LogP contribution in [-0.2, 0) is 21.4 Å². The van der Waals surface area contributed by atoms with Gasteiger partial charge in [0.05, 0.1) is 16.8 Å². The topological polar surface area (TPSA) is 50.3 Å². The summed E-state index contributed by atoms with van der Waals surface area (Å²) in [6, 6.07) is 4.18. The molecule has 3 aliphatic rings. The van der Waals surface area contributed by atoms with Crippen molar-refractivity contribution in [1.82, 2.24) is 9.88 Å². The zero-order chi connectivity index (χ0) is 20.5. The molecule has 4 nitrogen and oxygen atoms in total. The predicted octanol–water partition coefficient (Wildman–Crippen LogP) is 4.71. The summed E-state index contributed by atoms with van der Waals surface area (Å²) in [6.07, 6.45) is 11.7. The summed E-state index contributed by atoms with van der Waals surface area (Å²) in [5.74, 6) is 2.50. The molecule has 4 heteroatoms. The molecule has 4 rings (SSSR count). The predicted molar refractivity (Wildman–Crippen MR) is 114 cm³/mol. The van der Waals surface area contributed by atoms with Crippen LogP contribution in [0.1, 0.15) is 88.1 Å². The molecule has 0 atom stereocenters. The number of pyridine rings is 1. The molecule has 0 amide bonds. The zero-order valence-corrected chi connectivity index (χ0v) is 18.1. The van der Waals surface area contributed by atoms with Crippen molar-refractivity contribution in [3.63, 3.8) is 0 Å². The number of aryl methyl sites for hydroxylation is 2. The minimum atomic E-state index is -0.437. The van der Waals surface area contributed by atoms with Crippen LogP contribution < -0.4 is 0 Å². The van der Waals surface area contributed by atoms with E-state index in [9.17, 15) is 9.59 Å². The van der Waals surface area contributed by atoms with Crippen LogP contribution in [0.5, 0.6) is 0 Å². The van der Waals surface area contributed by atoms with Gasteiger partial charge in [-0.25, -0.2) is 4.79 Å². The second-order valence-electron chi connectivity index (χ2n) is 9.73. The number of nitrogens with zero attached hydrogens (tertiary/aromatic N) is 2. The standard InChI is InChI=1S/C25H34N2O2/c1-19-7-8-21(23(26-19)25(20(2)29)12-4-3-5-13-25)9-10-22(17-28)27-16-6-11-24(18-27)14-15-24/h7-8H,3-6,9-16,18H2,1-2H3. The van der Waals surface area contributed by atoms with E-state index in [1.54, 1.807) is 6.92 Å². The van der Waals surface area contributed by atoms with Crippen molar-refractivity contribution in [2.75, 3.05) is 13.1 Å². The number of ketones is 1. The molecule has 2 heterocycles. The summed E-state index contributed by atoms with van der Waals surface area (Å²) in [5.41, 5.74) is 3.94. The Bertz CT molecular complexity index is 827. The van der Waals surface area contributed by atoms with Crippen molar-refractivity contribution in [2.45, 2.75) is 89.9 Å². The molecular formula is C25H34N2O2. The first kappa shape index (κ1) is 20.3. The Morgan fingerprint density at radius 1 is 1.10 bits per heavy atom. The highest BCUT2D eigenvalue weighted by Crippen LogP contribution is 2.52. The molecule has 1 saturated heterocycles. The molecule has 1 spiro atoms. The first-order valence-corrected chi connectivity index (χ1v) is 11.5. The molecule has 0 bridgehead atoms. The van der Waals surface area contributed by atoms with Gasteiger partial charge in [0.15, 0.2) is 0 Å². The second-order valence-corrected chi connectivity index (χ2v) is 9.73. The number of aromatic nitrogens is 1. The van der Waals surface area contributed by atoms with Gasteiger partial charge in [-0.3, -0.25) is 9.78 Å². The molecule has 0 N–H and O–H groups in total. The van der Waals surface area contributed by atoms with Gasteiger partial charge in [-0.05, 0) is 75.8 Å². The van der Waals surface area contributed by atoms with Gasteiger partial charge in [0.25, 0.3) is 0 Å². The molecule has 1 aromatic heterocycles. The van der Waals surface area contributed by atoms with Crippen LogP contribution in [0.25, 0.3) is 0 Å². The Morgan fingerprint density at radius 2 is 1.86 bits per heavy atom. The maximum Gasteiger partial charge on any atom is 0.145 e. The van der Waals surface area contributed by atoms with Crippen molar-refractivity contribution in [3.8, 4) is 0 Å². The van der Waals surface area contributed by atoms with Gasteiger partial charge in [0.1, 0.15) is 11.7 Å². The zero-order valence-electron chi connectivity index (χ0n) is 18.1. The number of hydrogen-bond acceptors (Lipinski definition) is 4. The Hall–Kier alpha value is -1.93. The SMILES string of the molecule is CC(=O)C1(c2nc(C)ccc2CCC(=C=O)N2CCCC3(CC3)C2)CCCCC1. The van der Waals surface area contributed by atoms with E-state index in [1.807, 2.05) is 13.0 Å². The summed E-state index contributed by atoms with van der Waals surface area (Å²) in [6.45, 7) is 5.73. The Morgan fingerprint density at radius 3 is 2.52 bits per heavy atom. The minimum Gasteiger partial charge on any atom is -0.365 e. The molecule has 2 aliphatic carbocycles. The molecule has 2 saturated carbocycles. The highest BCUT2D eigenvalue weighted by atomic mass is 16.1. The lowest BCUT2D eigenvalue weighted by molar-refractivity contribution is -0.123. The molecule has 0 aromatic carbocycles. The third-order valence-electron chi connectivity index (χ3n) is 7.70. The molecule has 0 unspecified atom stereocenters. The number of hydrogen-bond donors (Lipinski definition) is 0. The summed E-state index contributed by atoms with van der Waals surface area (Å²) < 4.78 is 0. The second kappa shape index (κ2) is 8.07. The maximum absolute atomic E-state index is 12.8. The van der Waals surface area contributed by atoms with E-state index in [2.05, 4.69) is 16.9 Å². The normalized spacial score (nSPS) is 22.2. The number of allylic oxidation sites excluding steroid dienone is 1. The number of Topliss-reactive ketones (excluding diaryl/α,β-unsaturated/α-hetero) is 1. The maximum atomic E-state index is 12.8. The lowest BCUT2D eigenvalue weighted by atomic mass is 9.67. The molecule has 0 radical (unpaired) electrons. The van der Waals surface area contributed by atoms with Crippen molar-refractivity contribution in [3.05, 3.63) is 34.8 Å². The molecule has 1 aliphatic heterocycles. The van der Waals surface area contributed by atoms with E-state index in [1.165, 1.54) is 32.1 Å². The Kier molecular flexibility index (Phi) is 5.66. The third-order valence-corrected chi connectivity index (χ3v) is 7.70. The molecule has 3 fully saturated rings.